The first kappa shape index (κ1) is 23.7. The van der Waals surface area contributed by atoms with Crippen molar-refractivity contribution in [2.75, 3.05) is 30.4 Å². The van der Waals surface area contributed by atoms with Gasteiger partial charge in [0.25, 0.3) is 0 Å². The third-order valence-electron chi connectivity index (χ3n) is 7.48. The molecule has 6 rings (SSSR count). The van der Waals surface area contributed by atoms with E-state index >= 15 is 4.39 Å². The molecule has 2 fully saturated rings. The summed E-state index contributed by atoms with van der Waals surface area (Å²) in [4.78, 5) is 11.9. The second kappa shape index (κ2) is 10.00. The fourth-order valence-corrected chi connectivity index (χ4v) is 5.57. The van der Waals surface area contributed by atoms with Gasteiger partial charge in [-0.05, 0) is 81.3 Å². The molecule has 2 aromatic carbocycles. The Hall–Kier alpha value is -3.68. The average Bonchev–Trinajstić information content (AvgIpc) is 3.57. The summed E-state index contributed by atoms with van der Waals surface area (Å²) in [6, 6.07) is 11.8. The van der Waals surface area contributed by atoms with Crippen molar-refractivity contribution in [3.8, 4) is 22.8 Å². The van der Waals surface area contributed by atoms with Crippen molar-refractivity contribution >= 4 is 22.5 Å². The first-order valence-electron chi connectivity index (χ1n) is 13.2. The van der Waals surface area contributed by atoms with Crippen molar-refractivity contribution in [3.63, 3.8) is 0 Å². The number of hydrogen-bond donors (Lipinski definition) is 1. The lowest BCUT2D eigenvalue weighted by Crippen LogP contribution is -2.29. The zero-order valence-corrected chi connectivity index (χ0v) is 21.0. The Bertz CT molecular complexity index is 1420. The van der Waals surface area contributed by atoms with Crippen LogP contribution in [-0.4, -0.2) is 40.8 Å². The van der Waals surface area contributed by atoms with Gasteiger partial charge in [0.2, 0.25) is 0 Å². The third kappa shape index (κ3) is 4.49. The largest absolute Gasteiger partial charge is 0.490 e. The standard InChI is InChI=1S/C29H31F2N5O/c1-32-24-11-9-19(17-22(24)30)28-34-27-26(35-15-5-2-6-16-35)13-14-33-29(27)36(28)25-12-10-21(18-23(25)31)37-20-7-3-4-8-20/h9-14,17-18,20,32H,2-8,15-16H2,1H3. The molecule has 37 heavy (non-hydrogen) atoms. The van der Waals surface area contributed by atoms with Gasteiger partial charge >= 0.3 is 0 Å². The van der Waals surface area contributed by atoms with Gasteiger partial charge in [0.05, 0.1) is 23.2 Å². The van der Waals surface area contributed by atoms with Crippen molar-refractivity contribution < 1.29 is 13.5 Å². The van der Waals surface area contributed by atoms with Gasteiger partial charge in [-0.2, -0.15) is 0 Å². The van der Waals surface area contributed by atoms with Gasteiger partial charge in [-0.25, -0.2) is 18.7 Å². The summed E-state index contributed by atoms with van der Waals surface area (Å²) < 4.78 is 38.2. The van der Waals surface area contributed by atoms with E-state index in [-0.39, 0.29) is 6.10 Å². The van der Waals surface area contributed by atoms with Crippen LogP contribution < -0.4 is 15.0 Å². The van der Waals surface area contributed by atoms with Crippen LogP contribution in [0.15, 0.2) is 48.7 Å². The highest BCUT2D eigenvalue weighted by molar-refractivity contribution is 5.90. The van der Waals surface area contributed by atoms with E-state index in [0.717, 1.165) is 57.3 Å². The van der Waals surface area contributed by atoms with Crippen LogP contribution in [0.4, 0.5) is 20.2 Å². The maximum atomic E-state index is 15.7. The topological polar surface area (TPSA) is 55.2 Å². The van der Waals surface area contributed by atoms with E-state index in [9.17, 15) is 4.39 Å². The molecule has 1 aliphatic heterocycles. The van der Waals surface area contributed by atoms with Crippen LogP contribution in [0.5, 0.6) is 5.75 Å². The first-order valence-corrected chi connectivity index (χ1v) is 13.2. The number of rotatable bonds is 6. The van der Waals surface area contributed by atoms with Crippen molar-refractivity contribution in [2.45, 2.75) is 51.0 Å². The fraction of sp³-hybridized carbons (Fsp3) is 0.379. The molecule has 2 aliphatic rings. The summed E-state index contributed by atoms with van der Waals surface area (Å²) in [5.74, 6) is 0.125. The summed E-state index contributed by atoms with van der Waals surface area (Å²) in [6.07, 6.45) is 9.60. The lowest BCUT2D eigenvalue weighted by atomic mass is 10.1. The molecule has 0 spiro atoms. The highest BCUT2D eigenvalue weighted by atomic mass is 19.1. The Balaban J connectivity index is 1.50. The maximum Gasteiger partial charge on any atom is 0.167 e. The zero-order valence-electron chi connectivity index (χ0n) is 21.0. The Kier molecular flexibility index (Phi) is 6.40. The quantitative estimate of drug-likeness (QED) is 0.317. The molecule has 1 aliphatic carbocycles. The Morgan fingerprint density at radius 2 is 1.70 bits per heavy atom. The summed E-state index contributed by atoms with van der Waals surface area (Å²) in [6.45, 7) is 1.88. The van der Waals surface area contributed by atoms with Crippen LogP contribution in [0.1, 0.15) is 44.9 Å². The minimum Gasteiger partial charge on any atom is -0.490 e. The maximum absolute atomic E-state index is 15.7. The van der Waals surface area contributed by atoms with Crippen LogP contribution in [-0.2, 0) is 0 Å². The first-order chi connectivity index (χ1) is 18.1. The van der Waals surface area contributed by atoms with E-state index < -0.39 is 11.6 Å². The summed E-state index contributed by atoms with van der Waals surface area (Å²) in [5.41, 5.74) is 3.43. The van der Waals surface area contributed by atoms with Gasteiger partial charge in [-0.1, -0.05) is 0 Å². The number of fused-ring (bicyclic) bond motifs is 1. The number of nitrogens with one attached hydrogen (secondary N) is 1. The molecule has 2 aromatic heterocycles. The summed E-state index contributed by atoms with van der Waals surface area (Å²) in [5, 5.41) is 2.85. The minimum atomic E-state index is -0.437. The van der Waals surface area contributed by atoms with E-state index in [1.165, 1.54) is 18.6 Å². The van der Waals surface area contributed by atoms with E-state index in [2.05, 4.69) is 15.2 Å². The van der Waals surface area contributed by atoms with Gasteiger partial charge in [0.15, 0.2) is 11.5 Å². The van der Waals surface area contributed by atoms with Crippen LogP contribution in [0, 0.1) is 11.6 Å². The molecule has 0 radical (unpaired) electrons. The van der Waals surface area contributed by atoms with E-state index in [0.29, 0.717) is 39.7 Å². The van der Waals surface area contributed by atoms with Gasteiger partial charge in [0.1, 0.15) is 22.9 Å². The van der Waals surface area contributed by atoms with Gasteiger partial charge in [-0.15, -0.1) is 0 Å². The van der Waals surface area contributed by atoms with Gasteiger partial charge in [-0.3, -0.25) is 4.57 Å². The van der Waals surface area contributed by atoms with Crippen molar-refractivity contribution in [2.24, 2.45) is 0 Å². The number of pyridine rings is 1. The Morgan fingerprint density at radius 3 is 2.43 bits per heavy atom. The monoisotopic (exact) mass is 503 g/mol. The second-order valence-corrected chi connectivity index (χ2v) is 9.90. The molecular formula is C29H31F2N5O. The van der Waals surface area contributed by atoms with E-state index in [4.69, 9.17) is 9.72 Å². The van der Waals surface area contributed by atoms with Gasteiger partial charge < -0.3 is 15.0 Å². The Morgan fingerprint density at radius 1 is 0.892 bits per heavy atom. The fourth-order valence-electron chi connectivity index (χ4n) is 5.57. The van der Waals surface area contributed by atoms with Crippen LogP contribution >= 0.6 is 0 Å². The molecule has 0 atom stereocenters. The van der Waals surface area contributed by atoms with Gasteiger partial charge in [0, 0.05) is 38.0 Å². The predicted molar refractivity (Wildman–Crippen MR) is 143 cm³/mol. The molecule has 6 nitrogen and oxygen atoms in total. The highest BCUT2D eigenvalue weighted by Crippen LogP contribution is 2.36. The number of aromatic nitrogens is 3. The Labute approximate surface area is 215 Å². The third-order valence-corrected chi connectivity index (χ3v) is 7.48. The summed E-state index contributed by atoms with van der Waals surface area (Å²) in [7, 11) is 1.67. The molecule has 4 aromatic rings. The summed E-state index contributed by atoms with van der Waals surface area (Å²) >= 11 is 0. The number of imidazole rings is 1. The number of ether oxygens (including phenoxy) is 1. The van der Waals surface area contributed by atoms with Crippen LogP contribution in [0.25, 0.3) is 28.2 Å². The molecule has 1 N–H and O–H groups in total. The molecule has 8 heteroatoms. The van der Waals surface area contributed by atoms with Crippen molar-refractivity contribution in [1.29, 1.82) is 0 Å². The number of anilines is 2. The van der Waals surface area contributed by atoms with Crippen LogP contribution in [0.2, 0.25) is 0 Å². The van der Waals surface area contributed by atoms with Crippen molar-refractivity contribution in [3.05, 3.63) is 60.3 Å². The minimum absolute atomic E-state index is 0.136. The molecule has 3 heterocycles. The average molecular weight is 504 g/mol. The number of piperidine rings is 1. The normalized spacial score (nSPS) is 16.5. The zero-order chi connectivity index (χ0) is 25.4. The smallest absolute Gasteiger partial charge is 0.167 e. The van der Waals surface area contributed by atoms with E-state index in [1.54, 1.807) is 42.1 Å². The molecule has 0 bridgehead atoms. The highest BCUT2D eigenvalue weighted by Gasteiger charge is 2.24. The van der Waals surface area contributed by atoms with Crippen molar-refractivity contribution in [1.82, 2.24) is 14.5 Å². The molecule has 0 amide bonds. The molecule has 1 saturated heterocycles. The number of nitrogens with zero attached hydrogens (tertiary/aromatic N) is 4. The predicted octanol–water partition coefficient (Wildman–Crippen LogP) is 6.72. The molecule has 1 saturated carbocycles. The molecule has 0 unspecified atom stereocenters. The molecular weight excluding hydrogens is 472 g/mol. The molecule has 192 valence electrons. The SMILES string of the molecule is CNc1ccc(-c2nc3c(N4CCCCC4)ccnc3n2-c2ccc(OC3CCCC3)cc2F)cc1F. The number of hydrogen-bond acceptors (Lipinski definition) is 5. The number of halogens is 2. The lowest BCUT2D eigenvalue weighted by Gasteiger charge is -2.28. The lowest BCUT2D eigenvalue weighted by molar-refractivity contribution is 0.209. The van der Waals surface area contributed by atoms with E-state index in [1.807, 2.05) is 6.07 Å². The second-order valence-electron chi connectivity index (χ2n) is 9.90. The van der Waals surface area contributed by atoms with Crippen LogP contribution in [0.3, 0.4) is 0 Å². The number of benzene rings is 2.